The third-order valence-corrected chi connectivity index (χ3v) is 4.56. The smallest absolute Gasteiger partial charge is 0.399 e. The third kappa shape index (κ3) is 5.27. The van der Waals surface area contributed by atoms with E-state index in [2.05, 4.69) is 21.9 Å². The number of hydrogen-bond donors (Lipinski definition) is 2. The SMILES string of the molecule is C=CCNc1cc(F)ccn1.CC1(C)OB(c2cnc(N)cc2F)OC1(C)C. The van der Waals surface area contributed by atoms with Gasteiger partial charge < -0.3 is 20.4 Å². The maximum absolute atomic E-state index is 13.7. The van der Waals surface area contributed by atoms with Gasteiger partial charge in [0.1, 0.15) is 23.3 Å². The van der Waals surface area contributed by atoms with Crippen molar-refractivity contribution in [2.45, 2.75) is 38.9 Å². The first kappa shape index (κ1) is 21.8. The topological polar surface area (TPSA) is 82.3 Å². The van der Waals surface area contributed by atoms with Crippen molar-refractivity contribution in [2.24, 2.45) is 0 Å². The fourth-order valence-corrected chi connectivity index (χ4v) is 2.28. The molecule has 9 heteroatoms. The zero-order chi connectivity index (χ0) is 20.9. The normalized spacial score (nSPS) is 16.9. The summed E-state index contributed by atoms with van der Waals surface area (Å²) in [7, 11) is -0.742. The fourth-order valence-electron chi connectivity index (χ4n) is 2.28. The van der Waals surface area contributed by atoms with Gasteiger partial charge in [0, 0.05) is 36.5 Å². The number of halogens is 2. The lowest BCUT2D eigenvalue weighted by atomic mass is 9.80. The molecule has 0 atom stereocenters. The van der Waals surface area contributed by atoms with E-state index in [0.717, 1.165) is 0 Å². The largest absolute Gasteiger partial charge is 0.499 e. The summed E-state index contributed by atoms with van der Waals surface area (Å²) in [4.78, 5) is 7.74. The van der Waals surface area contributed by atoms with E-state index in [9.17, 15) is 8.78 Å². The maximum Gasteiger partial charge on any atom is 0.499 e. The minimum atomic E-state index is -0.742. The Kier molecular flexibility index (Phi) is 6.74. The van der Waals surface area contributed by atoms with E-state index >= 15 is 0 Å². The van der Waals surface area contributed by atoms with Crippen LogP contribution in [0.1, 0.15) is 27.7 Å². The highest BCUT2D eigenvalue weighted by Gasteiger charge is 2.52. The van der Waals surface area contributed by atoms with Crippen molar-refractivity contribution < 1.29 is 18.1 Å². The highest BCUT2D eigenvalue weighted by molar-refractivity contribution is 6.62. The number of hydrogen-bond acceptors (Lipinski definition) is 6. The molecule has 1 fully saturated rings. The molecule has 0 saturated carbocycles. The second-order valence-corrected chi connectivity index (χ2v) is 7.25. The van der Waals surface area contributed by atoms with Crippen LogP contribution in [0.4, 0.5) is 20.4 Å². The summed E-state index contributed by atoms with van der Waals surface area (Å²) < 4.78 is 37.7. The van der Waals surface area contributed by atoms with Crippen LogP contribution in [0.25, 0.3) is 0 Å². The highest BCUT2D eigenvalue weighted by atomic mass is 19.1. The molecule has 1 saturated heterocycles. The number of pyridine rings is 2. The molecule has 3 heterocycles. The summed E-state index contributed by atoms with van der Waals surface area (Å²) in [6.07, 6.45) is 4.46. The van der Waals surface area contributed by atoms with Crippen molar-refractivity contribution >= 4 is 24.2 Å². The highest BCUT2D eigenvalue weighted by Crippen LogP contribution is 2.36. The number of nitrogens with zero attached hydrogens (tertiary/aromatic N) is 2. The number of nitrogens with one attached hydrogen (secondary N) is 1. The summed E-state index contributed by atoms with van der Waals surface area (Å²) in [5.41, 5.74) is 4.69. The second-order valence-electron chi connectivity index (χ2n) is 7.25. The molecule has 0 spiro atoms. The Balaban J connectivity index is 0.000000221. The lowest BCUT2D eigenvalue weighted by Gasteiger charge is -2.32. The third-order valence-electron chi connectivity index (χ3n) is 4.56. The maximum atomic E-state index is 13.7. The predicted octanol–water partition coefficient (Wildman–Crippen LogP) is 2.92. The van der Waals surface area contributed by atoms with E-state index in [-0.39, 0.29) is 17.1 Å². The van der Waals surface area contributed by atoms with Gasteiger partial charge in [0.25, 0.3) is 0 Å². The van der Waals surface area contributed by atoms with Crippen LogP contribution < -0.4 is 16.5 Å². The molecule has 0 aliphatic carbocycles. The number of rotatable bonds is 4. The van der Waals surface area contributed by atoms with Crippen LogP contribution in [-0.4, -0.2) is 34.8 Å². The van der Waals surface area contributed by atoms with Gasteiger partial charge in [-0.05, 0) is 33.8 Å². The number of nitrogens with two attached hydrogens (primary N) is 1. The van der Waals surface area contributed by atoms with Crippen molar-refractivity contribution in [3.8, 4) is 0 Å². The van der Waals surface area contributed by atoms with Crippen LogP contribution >= 0.6 is 0 Å². The molecular weight excluding hydrogens is 365 g/mol. The lowest BCUT2D eigenvalue weighted by Crippen LogP contribution is -2.41. The molecule has 150 valence electrons. The Morgan fingerprint density at radius 3 is 2.36 bits per heavy atom. The van der Waals surface area contributed by atoms with Gasteiger partial charge >= 0.3 is 7.12 Å². The minimum absolute atomic E-state index is 0.141. The molecule has 1 aliphatic rings. The molecule has 0 radical (unpaired) electrons. The molecule has 0 bridgehead atoms. The lowest BCUT2D eigenvalue weighted by molar-refractivity contribution is 0.00578. The van der Waals surface area contributed by atoms with Gasteiger partial charge in [0.05, 0.1) is 11.2 Å². The van der Waals surface area contributed by atoms with Crippen LogP contribution in [0.15, 0.2) is 43.2 Å². The molecule has 0 aromatic carbocycles. The first-order valence-electron chi connectivity index (χ1n) is 8.78. The average Bonchev–Trinajstić information content (AvgIpc) is 2.81. The Morgan fingerprint density at radius 2 is 1.82 bits per heavy atom. The monoisotopic (exact) mass is 390 g/mol. The Bertz CT molecular complexity index is 817. The number of nitrogen functional groups attached to an aromatic ring is 1. The fraction of sp³-hybridized carbons (Fsp3) is 0.368. The van der Waals surface area contributed by atoms with Gasteiger partial charge in [0.15, 0.2) is 0 Å². The van der Waals surface area contributed by atoms with Gasteiger partial charge in [-0.2, -0.15) is 0 Å². The van der Waals surface area contributed by atoms with Crippen molar-refractivity contribution in [2.75, 3.05) is 17.6 Å². The van der Waals surface area contributed by atoms with Gasteiger partial charge in [-0.3, -0.25) is 0 Å². The summed E-state index contributed by atoms with van der Waals surface area (Å²) >= 11 is 0. The average molecular weight is 390 g/mol. The zero-order valence-electron chi connectivity index (χ0n) is 16.5. The van der Waals surface area contributed by atoms with Crippen LogP contribution in [-0.2, 0) is 9.31 Å². The number of anilines is 2. The van der Waals surface area contributed by atoms with E-state index in [4.69, 9.17) is 15.0 Å². The molecule has 2 aromatic rings. The zero-order valence-corrected chi connectivity index (χ0v) is 16.5. The molecule has 28 heavy (non-hydrogen) atoms. The van der Waals surface area contributed by atoms with Crippen LogP contribution in [0.5, 0.6) is 0 Å². The molecule has 6 nitrogen and oxygen atoms in total. The number of aromatic nitrogens is 2. The van der Waals surface area contributed by atoms with Crippen molar-refractivity contribution in [3.05, 3.63) is 54.9 Å². The molecule has 0 unspecified atom stereocenters. The molecule has 3 rings (SSSR count). The summed E-state index contributed by atoms with van der Waals surface area (Å²) in [6.45, 7) is 11.8. The molecule has 3 N–H and O–H groups in total. The Labute approximate surface area is 164 Å². The van der Waals surface area contributed by atoms with Gasteiger partial charge in [0.2, 0.25) is 0 Å². The van der Waals surface area contributed by atoms with E-state index < -0.39 is 24.1 Å². The van der Waals surface area contributed by atoms with Crippen LogP contribution in [0, 0.1) is 11.6 Å². The quantitative estimate of drug-likeness (QED) is 0.617. The molecule has 2 aromatic heterocycles. The first-order valence-corrected chi connectivity index (χ1v) is 8.78. The first-order chi connectivity index (χ1) is 13.1. The summed E-state index contributed by atoms with van der Waals surface area (Å²) in [6, 6.07) is 3.81. The van der Waals surface area contributed by atoms with E-state index in [1.54, 1.807) is 6.08 Å². The Morgan fingerprint density at radius 1 is 1.18 bits per heavy atom. The molecular formula is C19H25BF2N4O2. The Hall–Kier alpha value is -2.52. The van der Waals surface area contributed by atoms with Gasteiger partial charge in [-0.1, -0.05) is 6.08 Å². The second kappa shape index (κ2) is 8.66. The van der Waals surface area contributed by atoms with Gasteiger partial charge in [-0.25, -0.2) is 18.7 Å². The van der Waals surface area contributed by atoms with Crippen LogP contribution in [0.3, 0.4) is 0 Å². The van der Waals surface area contributed by atoms with Gasteiger partial charge in [-0.15, -0.1) is 6.58 Å². The van der Waals surface area contributed by atoms with E-state index in [1.807, 2.05) is 27.7 Å². The van der Waals surface area contributed by atoms with Crippen LogP contribution in [0.2, 0.25) is 0 Å². The van der Waals surface area contributed by atoms with Crippen molar-refractivity contribution in [1.29, 1.82) is 0 Å². The molecule has 1 aliphatic heterocycles. The summed E-state index contributed by atoms with van der Waals surface area (Å²) in [5.74, 6) is -0.0739. The predicted molar refractivity (Wildman–Crippen MR) is 107 cm³/mol. The minimum Gasteiger partial charge on any atom is -0.399 e. The van der Waals surface area contributed by atoms with Crippen molar-refractivity contribution in [1.82, 2.24) is 9.97 Å². The van der Waals surface area contributed by atoms with E-state index in [0.29, 0.717) is 12.4 Å². The standard InChI is InChI=1S/C11H16BFN2O2.C8H9FN2/c1-10(2)11(3,4)17-12(16-10)7-6-15-9(14)5-8(7)13;1-2-4-10-8-6-7(9)3-5-11-8/h5-6H,1-4H3,(H2,14,15);2-3,5-6H,1,4H2,(H,10,11). The molecule has 0 amide bonds. The van der Waals surface area contributed by atoms with Crippen molar-refractivity contribution in [3.63, 3.8) is 0 Å². The summed E-state index contributed by atoms with van der Waals surface area (Å²) in [5, 5.41) is 2.87. The van der Waals surface area contributed by atoms with E-state index in [1.165, 1.54) is 30.6 Å².